The summed E-state index contributed by atoms with van der Waals surface area (Å²) in [5.74, 6) is 5.69. The third-order valence-electron chi connectivity index (χ3n) is 2.62. The van der Waals surface area contributed by atoms with Crippen molar-refractivity contribution in [2.75, 3.05) is 5.43 Å². The van der Waals surface area contributed by atoms with Gasteiger partial charge in [0, 0.05) is 0 Å². The second kappa shape index (κ2) is 4.75. The Morgan fingerprint density at radius 2 is 2.21 bits per heavy atom. The molecule has 3 N–H and O–H groups in total. The molecule has 0 aliphatic heterocycles. The van der Waals surface area contributed by atoms with Crippen LogP contribution in [0.2, 0.25) is 0 Å². The van der Waals surface area contributed by atoms with Crippen LogP contribution in [-0.2, 0) is 6.54 Å². The van der Waals surface area contributed by atoms with Gasteiger partial charge in [-0.1, -0.05) is 0 Å². The summed E-state index contributed by atoms with van der Waals surface area (Å²) in [5.41, 5.74) is 3.72. The van der Waals surface area contributed by atoms with Gasteiger partial charge in [-0.15, -0.1) is 11.3 Å². The number of fused-ring (bicyclic) bond motifs is 1. The van der Waals surface area contributed by atoms with Gasteiger partial charge in [0.25, 0.3) is 5.56 Å². The van der Waals surface area contributed by atoms with Crippen molar-refractivity contribution in [1.29, 1.82) is 0 Å². The lowest BCUT2D eigenvalue weighted by atomic mass is 10.4. The van der Waals surface area contributed by atoms with Crippen molar-refractivity contribution in [3.05, 3.63) is 46.2 Å². The van der Waals surface area contributed by atoms with E-state index in [-0.39, 0.29) is 5.56 Å². The van der Waals surface area contributed by atoms with Gasteiger partial charge in [0.1, 0.15) is 4.70 Å². The molecular formula is C11H10N6OS. The monoisotopic (exact) mass is 274 g/mol. The zero-order valence-corrected chi connectivity index (χ0v) is 10.6. The van der Waals surface area contributed by atoms with Crippen molar-refractivity contribution < 1.29 is 0 Å². The summed E-state index contributed by atoms with van der Waals surface area (Å²) in [6.45, 7) is 0.331. The molecule has 7 nitrogen and oxygen atoms in total. The molecule has 0 unspecified atom stereocenters. The van der Waals surface area contributed by atoms with Crippen molar-refractivity contribution in [3.63, 3.8) is 0 Å². The lowest BCUT2D eigenvalue weighted by Gasteiger charge is -2.05. The number of anilines is 1. The summed E-state index contributed by atoms with van der Waals surface area (Å²) >= 11 is 1.39. The quantitative estimate of drug-likeness (QED) is 0.535. The van der Waals surface area contributed by atoms with Gasteiger partial charge >= 0.3 is 0 Å². The third-order valence-corrected chi connectivity index (χ3v) is 3.51. The van der Waals surface area contributed by atoms with Gasteiger partial charge in [-0.3, -0.25) is 14.3 Å². The Morgan fingerprint density at radius 3 is 2.95 bits per heavy atom. The average molecular weight is 274 g/mol. The predicted molar refractivity (Wildman–Crippen MR) is 72.8 cm³/mol. The van der Waals surface area contributed by atoms with Crippen LogP contribution in [0.25, 0.3) is 10.2 Å². The van der Waals surface area contributed by atoms with Crippen LogP contribution in [-0.4, -0.2) is 19.5 Å². The number of nitrogen functional groups attached to an aromatic ring is 1. The maximum absolute atomic E-state index is 12.2. The van der Waals surface area contributed by atoms with Crippen LogP contribution < -0.4 is 16.8 Å². The molecule has 0 atom stereocenters. The van der Waals surface area contributed by atoms with Crippen molar-refractivity contribution in [1.82, 2.24) is 19.5 Å². The van der Waals surface area contributed by atoms with E-state index in [1.807, 2.05) is 11.4 Å². The number of aromatic nitrogens is 4. The fourth-order valence-electron chi connectivity index (χ4n) is 1.68. The molecule has 0 amide bonds. The average Bonchev–Trinajstić information content (AvgIpc) is 2.92. The highest BCUT2D eigenvalue weighted by atomic mass is 32.1. The van der Waals surface area contributed by atoms with E-state index in [1.165, 1.54) is 28.4 Å². The van der Waals surface area contributed by atoms with Crippen molar-refractivity contribution in [2.45, 2.75) is 6.54 Å². The number of thiophene rings is 1. The van der Waals surface area contributed by atoms with Crippen molar-refractivity contribution >= 4 is 27.4 Å². The second-order valence-corrected chi connectivity index (χ2v) is 4.77. The number of hydrazine groups is 1. The van der Waals surface area contributed by atoms with E-state index in [0.29, 0.717) is 22.8 Å². The first-order valence-electron chi connectivity index (χ1n) is 5.48. The van der Waals surface area contributed by atoms with Crippen LogP contribution in [0, 0.1) is 0 Å². The summed E-state index contributed by atoms with van der Waals surface area (Å²) in [7, 11) is 0. The number of nitrogens with zero attached hydrogens (tertiary/aromatic N) is 4. The first kappa shape index (κ1) is 11.8. The molecule has 0 saturated carbocycles. The molecule has 0 saturated heterocycles. The number of hydrogen-bond acceptors (Lipinski definition) is 7. The molecule has 0 bridgehead atoms. The summed E-state index contributed by atoms with van der Waals surface area (Å²) in [6, 6.07) is 1.83. The van der Waals surface area contributed by atoms with E-state index >= 15 is 0 Å². The Labute approximate surface area is 111 Å². The molecule has 0 spiro atoms. The Balaban J connectivity index is 1.95. The zero-order chi connectivity index (χ0) is 13.2. The second-order valence-electron chi connectivity index (χ2n) is 3.85. The molecule has 0 aliphatic carbocycles. The summed E-state index contributed by atoms with van der Waals surface area (Å²) in [5, 5.41) is 1.85. The maximum Gasteiger partial charge on any atom is 0.271 e. The molecule has 0 fully saturated rings. The van der Waals surface area contributed by atoms with Crippen LogP contribution in [0.5, 0.6) is 0 Å². The fraction of sp³-hybridized carbons (Fsp3) is 0.0909. The first-order chi connectivity index (χ1) is 9.28. The van der Waals surface area contributed by atoms with Gasteiger partial charge in [-0.25, -0.2) is 15.8 Å². The number of nitrogens with one attached hydrogen (secondary N) is 1. The SMILES string of the molecule is NNc1cnc(Cn2cnc3ccsc3c2=O)cn1. The molecule has 3 heterocycles. The lowest BCUT2D eigenvalue weighted by Crippen LogP contribution is -2.21. The zero-order valence-electron chi connectivity index (χ0n) is 9.78. The highest BCUT2D eigenvalue weighted by Gasteiger charge is 2.06. The highest BCUT2D eigenvalue weighted by Crippen LogP contribution is 2.13. The molecule has 0 aliphatic rings. The molecule has 19 heavy (non-hydrogen) atoms. The van der Waals surface area contributed by atoms with Crippen LogP contribution in [0.1, 0.15) is 5.69 Å². The third kappa shape index (κ3) is 2.18. The molecule has 8 heteroatoms. The minimum Gasteiger partial charge on any atom is -0.307 e. The first-order valence-corrected chi connectivity index (χ1v) is 6.36. The van der Waals surface area contributed by atoms with Crippen molar-refractivity contribution in [3.8, 4) is 0 Å². The normalized spacial score (nSPS) is 10.8. The van der Waals surface area contributed by atoms with E-state index in [0.717, 1.165) is 5.52 Å². The van der Waals surface area contributed by atoms with E-state index in [9.17, 15) is 4.79 Å². The minimum atomic E-state index is -0.0668. The Kier molecular flexibility index (Phi) is 2.94. The smallest absolute Gasteiger partial charge is 0.271 e. The van der Waals surface area contributed by atoms with Crippen molar-refractivity contribution in [2.24, 2.45) is 5.84 Å². The van der Waals surface area contributed by atoms with Crippen LogP contribution in [0.3, 0.4) is 0 Å². The highest BCUT2D eigenvalue weighted by molar-refractivity contribution is 7.17. The van der Waals surface area contributed by atoms with E-state index in [1.54, 1.807) is 6.20 Å². The van der Waals surface area contributed by atoms with E-state index in [4.69, 9.17) is 5.84 Å². The van der Waals surface area contributed by atoms with Crippen LogP contribution in [0.4, 0.5) is 5.82 Å². The van der Waals surface area contributed by atoms with E-state index < -0.39 is 0 Å². The van der Waals surface area contributed by atoms with Gasteiger partial charge in [-0.05, 0) is 11.4 Å². The molecule has 0 radical (unpaired) electrons. The number of hydrogen-bond donors (Lipinski definition) is 2. The van der Waals surface area contributed by atoms with Crippen LogP contribution in [0.15, 0.2) is 35.0 Å². The van der Waals surface area contributed by atoms with Gasteiger partial charge in [-0.2, -0.15) is 0 Å². The van der Waals surface area contributed by atoms with Gasteiger partial charge in [0.2, 0.25) is 0 Å². The van der Waals surface area contributed by atoms with Gasteiger partial charge < -0.3 is 5.43 Å². The lowest BCUT2D eigenvalue weighted by molar-refractivity contribution is 0.727. The van der Waals surface area contributed by atoms with Gasteiger partial charge in [0.05, 0.1) is 36.5 Å². The Morgan fingerprint density at radius 1 is 1.32 bits per heavy atom. The molecule has 96 valence electrons. The largest absolute Gasteiger partial charge is 0.307 e. The molecule has 3 rings (SSSR count). The Hall–Kier alpha value is -2.32. The molecular weight excluding hydrogens is 264 g/mol. The van der Waals surface area contributed by atoms with Crippen LogP contribution >= 0.6 is 11.3 Å². The number of rotatable bonds is 3. The maximum atomic E-state index is 12.2. The fourth-order valence-corrected chi connectivity index (χ4v) is 2.47. The molecule has 3 aromatic heterocycles. The summed E-state index contributed by atoms with van der Waals surface area (Å²) < 4.78 is 2.16. The minimum absolute atomic E-state index is 0.0668. The standard InChI is InChI=1S/C11H10N6OS/c12-16-9-4-13-7(3-14-9)5-17-6-15-8-1-2-19-10(8)11(17)18/h1-4,6H,5,12H2,(H,14,16). The van der Waals surface area contributed by atoms with E-state index in [2.05, 4.69) is 20.4 Å². The molecule has 0 aromatic carbocycles. The predicted octanol–water partition coefficient (Wildman–Crippen LogP) is 0.582. The Bertz CT molecular complexity index is 763. The van der Waals surface area contributed by atoms with Gasteiger partial charge in [0.15, 0.2) is 5.82 Å². The topological polar surface area (TPSA) is 98.7 Å². The summed E-state index contributed by atoms with van der Waals surface area (Å²) in [4.78, 5) is 24.6. The summed E-state index contributed by atoms with van der Waals surface area (Å²) in [6.07, 6.45) is 4.60. The molecule has 3 aromatic rings. The number of nitrogens with two attached hydrogens (primary N) is 1.